The first-order valence-corrected chi connectivity index (χ1v) is 14.0. The molecule has 2 fully saturated rings. The number of nitrogens with one attached hydrogen (secondary N) is 4. The van der Waals surface area contributed by atoms with Crippen molar-refractivity contribution in [3.63, 3.8) is 0 Å². The molecular weight excluding hydrogens is 530 g/mol. The Bertz CT molecular complexity index is 1050. The standard InChI is InChI=1S/C25H37N5O8S/c1-13(2)22-18(31)8-21(34)38-25(9-15(25)5-4-6-19(32)30-37)10-20(33)28-17(7-16-11-39-12-26-16)24(36)27-14(3)23(35)29-22/h11-15,17,21-22,34,37H,4-10H2,1-3H3,(H,27,36)(H,28,33)(H,29,35)(H,30,32)/t14-,15?,17-,21?,22-,25?/m1/s1. The Morgan fingerprint density at radius 2 is 1.97 bits per heavy atom. The third kappa shape index (κ3) is 8.52. The molecule has 6 atom stereocenters. The molecule has 0 radical (unpaired) electrons. The summed E-state index contributed by atoms with van der Waals surface area (Å²) >= 11 is 1.34. The second-order valence-electron chi connectivity index (χ2n) is 10.6. The first-order chi connectivity index (χ1) is 18.4. The van der Waals surface area contributed by atoms with Crippen LogP contribution in [0.15, 0.2) is 10.9 Å². The number of thiazole rings is 1. The van der Waals surface area contributed by atoms with Crippen molar-refractivity contribution in [2.75, 3.05) is 0 Å². The van der Waals surface area contributed by atoms with Gasteiger partial charge < -0.3 is 25.8 Å². The molecule has 4 amide bonds. The topological polar surface area (TPSA) is 196 Å². The van der Waals surface area contributed by atoms with Crippen LogP contribution in [0.3, 0.4) is 0 Å². The summed E-state index contributed by atoms with van der Waals surface area (Å²) in [6.07, 6.45) is -0.660. The van der Waals surface area contributed by atoms with Crippen molar-refractivity contribution in [1.82, 2.24) is 26.4 Å². The normalized spacial score (nSPS) is 30.7. The van der Waals surface area contributed by atoms with Crippen LogP contribution in [0.25, 0.3) is 0 Å². The van der Waals surface area contributed by atoms with E-state index in [1.54, 1.807) is 30.2 Å². The van der Waals surface area contributed by atoms with Gasteiger partial charge in [-0.3, -0.25) is 29.2 Å². The van der Waals surface area contributed by atoms with Crippen molar-refractivity contribution in [2.45, 2.75) is 95.7 Å². The average Bonchev–Trinajstić information content (AvgIpc) is 3.24. The monoisotopic (exact) mass is 567 g/mol. The zero-order valence-electron chi connectivity index (χ0n) is 22.3. The molecule has 2 heterocycles. The van der Waals surface area contributed by atoms with Crippen LogP contribution in [0.5, 0.6) is 0 Å². The molecule has 0 aromatic carbocycles. The van der Waals surface area contributed by atoms with Gasteiger partial charge in [-0.05, 0) is 38.0 Å². The Morgan fingerprint density at radius 3 is 2.62 bits per heavy atom. The van der Waals surface area contributed by atoms with Gasteiger partial charge in [0.1, 0.15) is 12.1 Å². The van der Waals surface area contributed by atoms with Gasteiger partial charge in [0, 0.05) is 18.2 Å². The second kappa shape index (κ2) is 13.4. The molecule has 14 heteroatoms. The van der Waals surface area contributed by atoms with Crippen LogP contribution < -0.4 is 21.4 Å². The molecule has 216 valence electrons. The number of aliphatic hydroxyl groups is 1. The van der Waals surface area contributed by atoms with E-state index in [2.05, 4.69) is 20.9 Å². The highest BCUT2D eigenvalue weighted by Gasteiger charge is 2.57. The molecule has 0 bridgehead atoms. The number of ketones is 1. The average molecular weight is 568 g/mol. The van der Waals surface area contributed by atoms with E-state index in [1.807, 2.05) is 0 Å². The Morgan fingerprint density at radius 1 is 1.23 bits per heavy atom. The van der Waals surface area contributed by atoms with Crippen molar-refractivity contribution in [3.8, 4) is 0 Å². The Kier molecular flexibility index (Phi) is 10.5. The minimum atomic E-state index is -1.53. The summed E-state index contributed by atoms with van der Waals surface area (Å²) in [6, 6.07) is -2.95. The van der Waals surface area contributed by atoms with E-state index < -0.39 is 65.8 Å². The molecule has 2 aliphatic rings. The lowest BCUT2D eigenvalue weighted by Crippen LogP contribution is -2.56. The summed E-state index contributed by atoms with van der Waals surface area (Å²) in [4.78, 5) is 67.8. The third-order valence-electron chi connectivity index (χ3n) is 7.08. The molecular formula is C25H37N5O8S. The summed E-state index contributed by atoms with van der Waals surface area (Å²) in [7, 11) is 0. The number of Topliss-reactive ketones (excluding diaryl/α,β-unsaturated/α-hetero) is 1. The van der Waals surface area contributed by atoms with Crippen molar-refractivity contribution < 1.29 is 39.0 Å². The zero-order valence-corrected chi connectivity index (χ0v) is 23.1. The molecule has 1 saturated carbocycles. The van der Waals surface area contributed by atoms with Crippen LogP contribution in [0, 0.1) is 11.8 Å². The summed E-state index contributed by atoms with van der Waals surface area (Å²) in [6.45, 7) is 4.98. The highest BCUT2D eigenvalue weighted by Crippen LogP contribution is 2.53. The highest BCUT2D eigenvalue weighted by atomic mass is 32.1. The van der Waals surface area contributed by atoms with Gasteiger partial charge in [0.15, 0.2) is 12.1 Å². The Balaban J connectivity index is 1.85. The first kappa shape index (κ1) is 30.6. The number of hydrogen-bond acceptors (Lipinski definition) is 10. The molecule has 1 spiro atoms. The molecule has 1 saturated heterocycles. The smallest absolute Gasteiger partial charge is 0.243 e. The molecule has 13 nitrogen and oxygen atoms in total. The van der Waals surface area contributed by atoms with Crippen LogP contribution in [0.1, 0.15) is 65.0 Å². The number of hydrogen-bond donors (Lipinski definition) is 6. The summed E-state index contributed by atoms with van der Waals surface area (Å²) < 4.78 is 5.91. The van der Waals surface area contributed by atoms with Gasteiger partial charge in [0.2, 0.25) is 23.6 Å². The van der Waals surface area contributed by atoms with Gasteiger partial charge in [0.05, 0.1) is 35.7 Å². The van der Waals surface area contributed by atoms with Crippen molar-refractivity contribution >= 4 is 40.7 Å². The number of amides is 4. The number of nitrogens with zero attached hydrogens (tertiary/aromatic N) is 1. The maximum absolute atomic E-state index is 13.2. The van der Waals surface area contributed by atoms with E-state index in [0.717, 1.165) is 0 Å². The van der Waals surface area contributed by atoms with E-state index in [0.29, 0.717) is 25.0 Å². The minimum Gasteiger partial charge on any atom is -0.368 e. The maximum atomic E-state index is 13.2. The van der Waals surface area contributed by atoms with Gasteiger partial charge in [-0.2, -0.15) is 0 Å². The predicted octanol–water partition coefficient (Wildman–Crippen LogP) is -0.0518. The van der Waals surface area contributed by atoms with Crippen molar-refractivity contribution in [3.05, 3.63) is 16.6 Å². The lowest BCUT2D eigenvalue weighted by Gasteiger charge is -2.26. The molecule has 39 heavy (non-hydrogen) atoms. The Labute approximate surface area is 230 Å². The van der Waals surface area contributed by atoms with E-state index >= 15 is 0 Å². The third-order valence-corrected chi connectivity index (χ3v) is 7.71. The summed E-state index contributed by atoms with van der Waals surface area (Å²) in [5, 5.41) is 29.2. The highest BCUT2D eigenvalue weighted by molar-refractivity contribution is 7.07. The summed E-state index contributed by atoms with van der Waals surface area (Å²) in [5.41, 5.74) is 2.68. The maximum Gasteiger partial charge on any atom is 0.243 e. The van der Waals surface area contributed by atoms with Gasteiger partial charge in [-0.1, -0.05) is 13.8 Å². The lowest BCUT2D eigenvalue weighted by atomic mass is 9.97. The first-order valence-electron chi connectivity index (χ1n) is 13.0. The number of rotatable bonds is 7. The van der Waals surface area contributed by atoms with E-state index in [-0.39, 0.29) is 31.1 Å². The lowest BCUT2D eigenvalue weighted by molar-refractivity contribution is -0.168. The molecule has 3 rings (SSSR count). The zero-order chi connectivity index (χ0) is 28.7. The molecule has 1 aliphatic heterocycles. The van der Waals surface area contributed by atoms with Crippen molar-refractivity contribution in [1.29, 1.82) is 0 Å². The van der Waals surface area contributed by atoms with Gasteiger partial charge in [-0.25, -0.2) is 10.5 Å². The second-order valence-corrected chi connectivity index (χ2v) is 11.3. The van der Waals surface area contributed by atoms with Gasteiger partial charge >= 0.3 is 0 Å². The molecule has 1 aliphatic carbocycles. The number of aliphatic hydroxyl groups excluding tert-OH is 1. The van der Waals surface area contributed by atoms with Crippen LogP contribution >= 0.6 is 11.3 Å². The Hall–Kier alpha value is -2.94. The fourth-order valence-corrected chi connectivity index (χ4v) is 5.42. The minimum absolute atomic E-state index is 0.0696. The largest absolute Gasteiger partial charge is 0.368 e. The predicted molar refractivity (Wildman–Crippen MR) is 138 cm³/mol. The number of carbonyl (C=O) groups excluding carboxylic acids is 5. The van der Waals surface area contributed by atoms with Crippen LogP contribution in [-0.2, 0) is 35.1 Å². The molecule has 3 unspecified atom stereocenters. The van der Waals surface area contributed by atoms with Crippen LogP contribution in [0.2, 0.25) is 0 Å². The van der Waals surface area contributed by atoms with E-state index in [9.17, 15) is 29.1 Å². The number of ether oxygens (including phenoxy) is 1. The summed E-state index contributed by atoms with van der Waals surface area (Å²) in [5.74, 6) is -3.15. The number of aromatic nitrogens is 1. The molecule has 1 aromatic heterocycles. The van der Waals surface area contributed by atoms with E-state index in [4.69, 9.17) is 9.94 Å². The van der Waals surface area contributed by atoms with Crippen LogP contribution in [-0.4, -0.2) is 74.7 Å². The van der Waals surface area contributed by atoms with Crippen molar-refractivity contribution in [2.24, 2.45) is 11.8 Å². The fourth-order valence-electron chi connectivity index (χ4n) is 4.85. The number of carbonyl (C=O) groups is 5. The van der Waals surface area contributed by atoms with Gasteiger partial charge in [0.25, 0.3) is 0 Å². The fraction of sp³-hybridized carbons (Fsp3) is 0.680. The molecule has 1 aromatic rings. The quantitative estimate of drug-likeness (QED) is 0.193. The van der Waals surface area contributed by atoms with E-state index in [1.165, 1.54) is 18.3 Å². The SMILES string of the molecule is CC(C)[C@H]1NC(=O)[C@@H](C)NC(=O)[C@@H](Cc2cscn2)NC(=O)CC2(CC2CCCC(=O)NO)OC(O)CC1=O. The molecule has 6 N–H and O–H groups in total. The van der Waals surface area contributed by atoms with Gasteiger partial charge in [-0.15, -0.1) is 11.3 Å². The van der Waals surface area contributed by atoms with Crippen LogP contribution in [0.4, 0.5) is 0 Å². The number of hydroxylamine groups is 1.